The van der Waals surface area contributed by atoms with Crippen LogP contribution in [0.3, 0.4) is 0 Å². The zero-order valence-corrected chi connectivity index (χ0v) is 16.8. The van der Waals surface area contributed by atoms with Crippen molar-refractivity contribution in [3.8, 4) is 0 Å². The summed E-state index contributed by atoms with van der Waals surface area (Å²) in [5, 5.41) is 2.94. The van der Waals surface area contributed by atoms with Crippen LogP contribution in [0.1, 0.15) is 37.8 Å². The highest BCUT2D eigenvalue weighted by molar-refractivity contribution is 7.93. The van der Waals surface area contributed by atoms with Gasteiger partial charge < -0.3 is 5.32 Å². The van der Waals surface area contributed by atoms with Gasteiger partial charge in [-0.25, -0.2) is 8.42 Å². The Bertz CT molecular complexity index is 937. The molecule has 0 atom stereocenters. The van der Waals surface area contributed by atoms with Gasteiger partial charge in [-0.15, -0.1) is 0 Å². The first-order chi connectivity index (χ1) is 12.7. The smallest absolute Gasteiger partial charge is 0.235 e. The Kier molecular flexibility index (Phi) is 5.29. The van der Waals surface area contributed by atoms with E-state index in [1.54, 1.807) is 12.1 Å². The Morgan fingerprint density at radius 1 is 1.15 bits per heavy atom. The highest BCUT2D eigenvalue weighted by Crippen LogP contribution is 2.30. The van der Waals surface area contributed by atoms with Gasteiger partial charge in [0.25, 0.3) is 0 Å². The zero-order chi connectivity index (χ0) is 19.7. The summed E-state index contributed by atoms with van der Waals surface area (Å²) in [6.45, 7) is 6.48. The topological polar surface area (TPSA) is 66.5 Å². The van der Waals surface area contributed by atoms with E-state index in [4.69, 9.17) is 0 Å². The highest BCUT2D eigenvalue weighted by Gasteiger charge is 2.29. The van der Waals surface area contributed by atoms with E-state index in [2.05, 4.69) is 19.2 Å². The van der Waals surface area contributed by atoms with Gasteiger partial charge in [0.1, 0.15) is 0 Å². The first-order valence-corrected chi connectivity index (χ1v) is 10.8. The fraction of sp³-hybridized carbons (Fsp3) is 0.381. The molecule has 1 N–H and O–H groups in total. The molecule has 0 spiro atoms. The Labute approximate surface area is 161 Å². The van der Waals surface area contributed by atoms with Crippen LogP contribution in [0, 0.1) is 6.92 Å². The Balaban J connectivity index is 1.71. The number of carbonyl (C=O) groups excluding carboxylic acids is 1. The van der Waals surface area contributed by atoms with Gasteiger partial charge in [-0.2, -0.15) is 0 Å². The van der Waals surface area contributed by atoms with Crippen molar-refractivity contribution in [2.45, 2.75) is 39.0 Å². The third-order valence-electron chi connectivity index (χ3n) is 5.01. The van der Waals surface area contributed by atoms with Crippen LogP contribution in [0.4, 0.5) is 11.4 Å². The summed E-state index contributed by atoms with van der Waals surface area (Å²) in [7, 11) is -3.21. The molecular formula is C21H26N2O3S. The number of nitrogens with zero attached hydrogens (tertiary/aromatic N) is 1. The van der Waals surface area contributed by atoms with Gasteiger partial charge in [-0.1, -0.05) is 44.2 Å². The van der Waals surface area contributed by atoms with E-state index in [-0.39, 0.29) is 17.1 Å². The molecule has 0 radical (unpaired) electrons. The lowest BCUT2D eigenvalue weighted by Crippen LogP contribution is -2.26. The minimum absolute atomic E-state index is 0.0650. The van der Waals surface area contributed by atoms with Crippen molar-refractivity contribution in [3.05, 3.63) is 59.7 Å². The molecule has 1 saturated heterocycles. The molecular weight excluding hydrogens is 360 g/mol. The summed E-state index contributed by atoms with van der Waals surface area (Å²) in [6, 6.07) is 15.3. The average Bonchev–Trinajstić information content (AvgIpc) is 2.94. The molecule has 1 amide bonds. The molecule has 2 aromatic rings. The van der Waals surface area contributed by atoms with E-state index in [0.29, 0.717) is 30.8 Å². The van der Waals surface area contributed by atoms with E-state index < -0.39 is 10.0 Å². The highest BCUT2D eigenvalue weighted by atomic mass is 32.2. The number of rotatable bonds is 5. The monoisotopic (exact) mass is 386 g/mol. The van der Waals surface area contributed by atoms with Gasteiger partial charge in [-0.05, 0) is 48.1 Å². The molecule has 6 heteroatoms. The molecule has 0 aromatic heterocycles. The number of anilines is 2. The van der Waals surface area contributed by atoms with Crippen LogP contribution < -0.4 is 9.62 Å². The van der Waals surface area contributed by atoms with Gasteiger partial charge in [0.15, 0.2) is 0 Å². The number of hydrogen-bond acceptors (Lipinski definition) is 3. The van der Waals surface area contributed by atoms with Crippen molar-refractivity contribution >= 4 is 27.3 Å². The van der Waals surface area contributed by atoms with Gasteiger partial charge in [0, 0.05) is 18.7 Å². The molecule has 2 aromatic carbocycles. The Morgan fingerprint density at radius 3 is 2.44 bits per heavy atom. The predicted molar refractivity (Wildman–Crippen MR) is 110 cm³/mol. The first kappa shape index (κ1) is 19.4. The standard InChI is InChI=1S/C21H26N2O3S/c1-16-14-18(10-11-19(16)23-12-7-13-27(23,25)26)22-20(24)15-21(2,3)17-8-5-4-6-9-17/h4-6,8-11,14H,7,12-13,15H2,1-3H3,(H,22,24). The van der Waals surface area contributed by atoms with Crippen LogP contribution in [0.25, 0.3) is 0 Å². The lowest BCUT2D eigenvalue weighted by molar-refractivity contribution is -0.117. The third-order valence-corrected chi connectivity index (χ3v) is 6.86. The van der Waals surface area contributed by atoms with E-state index in [0.717, 1.165) is 11.1 Å². The fourth-order valence-electron chi connectivity index (χ4n) is 3.52. The van der Waals surface area contributed by atoms with Gasteiger partial charge in [-0.3, -0.25) is 9.10 Å². The zero-order valence-electron chi connectivity index (χ0n) is 16.0. The van der Waals surface area contributed by atoms with E-state index in [9.17, 15) is 13.2 Å². The lowest BCUT2D eigenvalue weighted by Gasteiger charge is -2.25. The Morgan fingerprint density at radius 2 is 1.85 bits per heavy atom. The molecule has 0 saturated carbocycles. The Hall–Kier alpha value is -2.34. The van der Waals surface area contributed by atoms with Crippen LogP contribution >= 0.6 is 0 Å². The second-order valence-corrected chi connectivity index (χ2v) is 9.73. The lowest BCUT2D eigenvalue weighted by atomic mass is 9.81. The van der Waals surface area contributed by atoms with Crippen molar-refractivity contribution < 1.29 is 13.2 Å². The number of hydrogen-bond donors (Lipinski definition) is 1. The summed E-state index contributed by atoms with van der Waals surface area (Å²) in [6.07, 6.45) is 1.01. The molecule has 3 rings (SSSR count). The van der Waals surface area contributed by atoms with Crippen LogP contribution in [-0.2, 0) is 20.2 Å². The molecule has 1 aliphatic heterocycles. The summed E-state index contributed by atoms with van der Waals surface area (Å²) in [4.78, 5) is 12.5. The quantitative estimate of drug-likeness (QED) is 0.849. The minimum atomic E-state index is -3.21. The van der Waals surface area contributed by atoms with E-state index in [1.165, 1.54) is 4.31 Å². The summed E-state index contributed by atoms with van der Waals surface area (Å²) >= 11 is 0. The largest absolute Gasteiger partial charge is 0.326 e. The van der Waals surface area contributed by atoms with Crippen LogP contribution in [0.5, 0.6) is 0 Å². The molecule has 5 nitrogen and oxygen atoms in total. The molecule has 1 fully saturated rings. The second kappa shape index (κ2) is 7.35. The SMILES string of the molecule is Cc1cc(NC(=O)CC(C)(C)c2ccccc2)ccc1N1CCCS1(=O)=O. The number of aryl methyl sites for hydroxylation is 1. The van der Waals surface area contributed by atoms with E-state index in [1.807, 2.05) is 43.3 Å². The second-order valence-electron chi connectivity index (χ2n) is 7.72. The van der Waals surface area contributed by atoms with E-state index >= 15 is 0 Å². The molecule has 0 unspecified atom stereocenters. The molecule has 0 aliphatic carbocycles. The van der Waals surface area contributed by atoms with Crippen molar-refractivity contribution in [2.24, 2.45) is 0 Å². The molecule has 0 bridgehead atoms. The van der Waals surface area contributed by atoms with Crippen LogP contribution in [0.15, 0.2) is 48.5 Å². The maximum atomic E-state index is 12.5. The fourth-order valence-corrected chi connectivity index (χ4v) is 5.15. The number of benzene rings is 2. The maximum absolute atomic E-state index is 12.5. The summed E-state index contributed by atoms with van der Waals surface area (Å²) in [5.41, 5.74) is 3.05. The number of sulfonamides is 1. The predicted octanol–water partition coefficient (Wildman–Crippen LogP) is 3.84. The van der Waals surface area contributed by atoms with Crippen molar-refractivity contribution in [1.29, 1.82) is 0 Å². The molecule has 27 heavy (non-hydrogen) atoms. The molecule has 1 heterocycles. The van der Waals surface area contributed by atoms with Crippen LogP contribution in [-0.4, -0.2) is 26.6 Å². The maximum Gasteiger partial charge on any atom is 0.235 e. The van der Waals surface area contributed by atoms with Crippen molar-refractivity contribution in [1.82, 2.24) is 0 Å². The van der Waals surface area contributed by atoms with Gasteiger partial charge in [0.2, 0.25) is 15.9 Å². The van der Waals surface area contributed by atoms with Gasteiger partial charge in [0.05, 0.1) is 11.4 Å². The third kappa shape index (κ3) is 4.33. The van der Waals surface area contributed by atoms with Crippen molar-refractivity contribution in [2.75, 3.05) is 21.9 Å². The minimum Gasteiger partial charge on any atom is -0.326 e. The van der Waals surface area contributed by atoms with Gasteiger partial charge >= 0.3 is 0 Å². The average molecular weight is 387 g/mol. The molecule has 144 valence electrons. The first-order valence-electron chi connectivity index (χ1n) is 9.15. The summed E-state index contributed by atoms with van der Waals surface area (Å²) in [5.74, 6) is 0.129. The number of nitrogens with one attached hydrogen (secondary N) is 1. The number of amides is 1. The summed E-state index contributed by atoms with van der Waals surface area (Å²) < 4.78 is 25.7. The normalized spacial score (nSPS) is 16.3. The molecule has 1 aliphatic rings. The van der Waals surface area contributed by atoms with Crippen LogP contribution in [0.2, 0.25) is 0 Å². The number of carbonyl (C=O) groups is 1. The van der Waals surface area contributed by atoms with Crippen molar-refractivity contribution in [3.63, 3.8) is 0 Å².